The third-order valence-corrected chi connectivity index (χ3v) is 5.57. The average molecular weight is 408 g/mol. The second-order valence-electron chi connectivity index (χ2n) is 8.69. The predicted molar refractivity (Wildman–Crippen MR) is 121 cm³/mol. The smallest absolute Gasteiger partial charge is 0.273 e. The van der Waals surface area contributed by atoms with Gasteiger partial charge in [0.05, 0.1) is 6.04 Å². The number of hydrogen-bond donors (Lipinski definition) is 2. The van der Waals surface area contributed by atoms with Gasteiger partial charge >= 0.3 is 0 Å². The normalized spacial score (nSPS) is 12.4. The SMILES string of the molecule is CCCCCCCCCCCCCCCCNC(=O)c1coc(C(N)C(C)C)n1. The van der Waals surface area contributed by atoms with Crippen LogP contribution in [0.15, 0.2) is 10.7 Å². The highest BCUT2D eigenvalue weighted by Gasteiger charge is 2.19. The molecule has 5 nitrogen and oxygen atoms in total. The molecule has 29 heavy (non-hydrogen) atoms. The number of unbranched alkanes of at least 4 members (excludes halogenated alkanes) is 13. The number of carbonyl (C=O) groups is 1. The maximum Gasteiger partial charge on any atom is 0.273 e. The van der Waals surface area contributed by atoms with E-state index in [1.54, 1.807) is 0 Å². The number of carbonyl (C=O) groups excluding carboxylic acids is 1. The molecule has 0 aliphatic heterocycles. The molecule has 3 N–H and O–H groups in total. The minimum Gasteiger partial charge on any atom is -0.446 e. The summed E-state index contributed by atoms with van der Waals surface area (Å²) >= 11 is 0. The fourth-order valence-electron chi connectivity index (χ4n) is 3.44. The van der Waals surface area contributed by atoms with Gasteiger partial charge in [-0.25, -0.2) is 4.98 Å². The van der Waals surface area contributed by atoms with Crippen molar-refractivity contribution in [3.63, 3.8) is 0 Å². The van der Waals surface area contributed by atoms with Gasteiger partial charge in [0.1, 0.15) is 6.26 Å². The number of nitrogens with zero attached hydrogens (tertiary/aromatic N) is 1. The monoisotopic (exact) mass is 407 g/mol. The van der Waals surface area contributed by atoms with Gasteiger partial charge in [0.25, 0.3) is 5.91 Å². The van der Waals surface area contributed by atoms with Crippen molar-refractivity contribution in [2.75, 3.05) is 6.54 Å². The standard InChI is InChI=1S/C24H45N3O2/c1-4-5-6-7-8-9-10-11-12-13-14-15-16-17-18-26-23(28)21-19-29-24(27-21)22(25)20(2)3/h19-20,22H,4-18,25H2,1-3H3,(H,26,28). The van der Waals surface area contributed by atoms with E-state index >= 15 is 0 Å². The van der Waals surface area contributed by atoms with Crippen molar-refractivity contribution in [1.29, 1.82) is 0 Å². The van der Waals surface area contributed by atoms with Gasteiger partial charge in [-0.1, -0.05) is 104 Å². The van der Waals surface area contributed by atoms with Gasteiger partial charge in [-0.15, -0.1) is 0 Å². The lowest BCUT2D eigenvalue weighted by Gasteiger charge is -2.10. The number of oxazole rings is 1. The van der Waals surface area contributed by atoms with E-state index in [1.165, 1.54) is 89.7 Å². The number of rotatable bonds is 18. The highest BCUT2D eigenvalue weighted by atomic mass is 16.3. The molecule has 1 heterocycles. The second-order valence-corrected chi connectivity index (χ2v) is 8.69. The van der Waals surface area contributed by atoms with Crippen LogP contribution in [-0.4, -0.2) is 17.4 Å². The minimum atomic E-state index is -0.276. The molecule has 1 aromatic heterocycles. The summed E-state index contributed by atoms with van der Waals surface area (Å²) < 4.78 is 5.34. The van der Waals surface area contributed by atoms with E-state index in [-0.39, 0.29) is 17.9 Å². The van der Waals surface area contributed by atoms with Crippen molar-refractivity contribution in [1.82, 2.24) is 10.3 Å². The lowest BCUT2D eigenvalue weighted by molar-refractivity contribution is 0.0948. The maximum absolute atomic E-state index is 12.1. The Morgan fingerprint density at radius 1 is 0.931 bits per heavy atom. The molecule has 168 valence electrons. The molecule has 0 aromatic carbocycles. The molecule has 5 heteroatoms. The Balaban J connectivity index is 1.92. The van der Waals surface area contributed by atoms with E-state index < -0.39 is 0 Å². The van der Waals surface area contributed by atoms with Crippen LogP contribution in [0, 0.1) is 5.92 Å². The molecular weight excluding hydrogens is 362 g/mol. The Hall–Kier alpha value is -1.36. The summed E-state index contributed by atoms with van der Waals surface area (Å²) in [6.45, 7) is 6.97. The number of hydrogen-bond acceptors (Lipinski definition) is 4. The van der Waals surface area contributed by atoms with Crippen molar-refractivity contribution >= 4 is 5.91 Å². The number of nitrogens with one attached hydrogen (secondary N) is 1. The Kier molecular flexibility index (Phi) is 14.6. The van der Waals surface area contributed by atoms with Crippen molar-refractivity contribution in [3.05, 3.63) is 17.8 Å². The summed E-state index contributed by atoms with van der Waals surface area (Å²) in [5.74, 6) is 0.479. The summed E-state index contributed by atoms with van der Waals surface area (Å²) in [6.07, 6.45) is 20.1. The van der Waals surface area contributed by atoms with E-state index in [2.05, 4.69) is 17.2 Å². The summed E-state index contributed by atoms with van der Waals surface area (Å²) in [5, 5.41) is 2.92. The molecule has 0 radical (unpaired) electrons. The lowest BCUT2D eigenvalue weighted by atomic mass is 10.0. The molecule has 1 amide bonds. The molecule has 1 rings (SSSR count). The molecule has 0 aliphatic carbocycles. The quantitative estimate of drug-likeness (QED) is 0.271. The van der Waals surface area contributed by atoms with Crippen molar-refractivity contribution < 1.29 is 9.21 Å². The summed E-state index contributed by atoms with van der Waals surface area (Å²) in [5.41, 5.74) is 6.32. The van der Waals surface area contributed by atoms with E-state index in [9.17, 15) is 4.79 Å². The van der Waals surface area contributed by atoms with Gasteiger partial charge in [0.2, 0.25) is 5.89 Å². The number of nitrogens with two attached hydrogens (primary N) is 1. The average Bonchev–Trinajstić information content (AvgIpc) is 3.20. The molecule has 1 unspecified atom stereocenters. The van der Waals surface area contributed by atoms with Gasteiger partial charge in [-0.05, 0) is 12.3 Å². The van der Waals surface area contributed by atoms with Gasteiger partial charge in [0.15, 0.2) is 5.69 Å². The van der Waals surface area contributed by atoms with E-state index in [0.717, 1.165) is 6.42 Å². The number of amides is 1. The van der Waals surface area contributed by atoms with Crippen LogP contribution < -0.4 is 11.1 Å². The summed E-state index contributed by atoms with van der Waals surface area (Å²) in [7, 11) is 0. The van der Waals surface area contributed by atoms with Crippen LogP contribution in [0.4, 0.5) is 0 Å². The zero-order valence-electron chi connectivity index (χ0n) is 19.2. The maximum atomic E-state index is 12.1. The third kappa shape index (κ3) is 12.0. The first kappa shape index (κ1) is 25.7. The molecule has 0 bridgehead atoms. The lowest BCUT2D eigenvalue weighted by Crippen LogP contribution is -2.25. The van der Waals surface area contributed by atoms with Gasteiger partial charge in [-0.3, -0.25) is 4.79 Å². The van der Waals surface area contributed by atoms with Crippen LogP contribution >= 0.6 is 0 Å². The van der Waals surface area contributed by atoms with E-state index in [0.29, 0.717) is 18.1 Å². The largest absolute Gasteiger partial charge is 0.446 e. The predicted octanol–water partition coefficient (Wildman–Crippen LogP) is 6.54. The minimum absolute atomic E-state index is 0.175. The Morgan fingerprint density at radius 2 is 1.41 bits per heavy atom. The Labute approximate surface area is 178 Å². The first-order chi connectivity index (χ1) is 14.1. The molecule has 0 spiro atoms. The number of aromatic nitrogens is 1. The van der Waals surface area contributed by atoms with E-state index in [1.807, 2.05) is 13.8 Å². The van der Waals surface area contributed by atoms with Crippen LogP contribution in [0.2, 0.25) is 0 Å². The van der Waals surface area contributed by atoms with Gasteiger partial charge < -0.3 is 15.5 Å². The first-order valence-electron chi connectivity index (χ1n) is 12.1. The van der Waals surface area contributed by atoms with Crippen LogP contribution in [-0.2, 0) is 0 Å². The zero-order chi connectivity index (χ0) is 21.3. The molecular formula is C24H45N3O2. The third-order valence-electron chi connectivity index (χ3n) is 5.57. The summed E-state index contributed by atoms with van der Waals surface area (Å²) in [4.78, 5) is 16.3. The molecule has 0 saturated carbocycles. The second kappa shape index (κ2) is 16.4. The molecule has 0 fully saturated rings. The fraction of sp³-hybridized carbons (Fsp3) is 0.833. The molecule has 1 aromatic rings. The first-order valence-corrected chi connectivity index (χ1v) is 12.1. The van der Waals surface area contributed by atoms with Crippen molar-refractivity contribution in [2.24, 2.45) is 11.7 Å². The van der Waals surface area contributed by atoms with Gasteiger partial charge in [0, 0.05) is 6.54 Å². The Morgan fingerprint density at radius 3 is 1.90 bits per heavy atom. The van der Waals surface area contributed by atoms with Crippen LogP contribution in [0.3, 0.4) is 0 Å². The highest BCUT2D eigenvalue weighted by Crippen LogP contribution is 2.18. The molecule has 0 aliphatic rings. The zero-order valence-corrected chi connectivity index (χ0v) is 19.2. The van der Waals surface area contributed by atoms with Crippen molar-refractivity contribution in [2.45, 2.75) is 117 Å². The van der Waals surface area contributed by atoms with E-state index in [4.69, 9.17) is 10.2 Å². The Bertz CT molecular complexity index is 528. The molecule has 1 atom stereocenters. The highest BCUT2D eigenvalue weighted by molar-refractivity contribution is 5.91. The van der Waals surface area contributed by atoms with Crippen LogP contribution in [0.5, 0.6) is 0 Å². The van der Waals surface area contributed by atoms with Crippen LogP contribution in [0.1, 0.15) is 133 Å². The van der Waals surface area contributed by atoms with Crippen LogP contribution in [0.25, 0.3) is 0 Å². The van der Waals surface area contributed by atoms with Crippen molar-refractivity contribution in [3.8, 4) is 0 Å². The topological polar surface area (TPSA) is 81.2 Å². The van der Waals surface area contributed by atoms with Gasteiger partial charge in [-0.2, -0.15) is 0 Å². The molecule has 0 saturated heterocycles. The summed E-state index contributed by atoms with van der Waals surface area (Å²) in [6, 6.07) is -0.276. The fourth-order valence-corrected chi connectivity index (χ4v) is 3.44.